The largest absolute Gasteiger partial charge is 0.355 e. The Kier molecular flexibility index (Phi) is 4.22. The van der Waals surface area contributed by atoms with E-state index in [1.54, 1.807) is 6.20 Å². The zero-order valence-electron chi connectivity index (χ0n) is 13.1. The predicted octanol–water partition coefficient (Wildman–Crippen LogP) is 2.61. The highest BCUT2D eigenvalue weighted by molar-refractivity contribution is 6.33. The van der Waals surface area contributed by atoms with Crippen LogP contribution in [0.3, 0.4) is 0 Å². The fourth-order valence-electron chi connectivity index (χ4n) is 3.05. The Morgan fingerprint density at radius 3 is 2.62 bits per heavy atom. The van der Waals surface area contributed by atoms with Crippen molar-refractivity contribution in [3.05, 3.63) is 35.5 Å². The Hall–Kier alpha value is -1.96. The molecule has 3 heterocycles. The molecule has 2 saturated heterocycles. The summed E-state index contributed by atoms with van der Waals surface area (Å²) in [5, 5.41) is 11.8. The first-order valence-electron chi connectivity index (χ1n) is 7.98. The molecule has 1 aromatic heterocycles. The van der Waals surface area contributed by atoms with E-state index in [1.165, 1.54) is 0 Å². The number of anilines is 3. The van der Waals surface area contributed by atoms with Crippen molar-refractivity contribution in [3.63, 3.8) is 0 Å². The minimum absolute atomic E-state index is 0.393. The number of piperidine rings is 1. The van der Waals surface area contributed by atoms with Crippen LogP contribution in [0.1, 0.15) is 12.8 Å². The summed E-state index contributed by atoms with van der Waals surface area (Å²) in [6, 6.07) is 7.46. The van der Waals surface area contributed by atoms with Gasteiger partial charge in [-0.05, 0) is 12.1 Å². The Morgan fingerprint density at radius 1 is 1.12 bits per heavy atom. The lowest BCUT2D eigenvalue weighted by molar-refractivity contribution is -0.169. The molecule has 0 amide bonds. The summed E-state index contributed by atoms with van der Waals surface area (Å²) < 4.78 is 11.5. The van der Waals surface area contributed by atoms with Crippen LogP contribution in [-0.2, 0) is 9.47 Å². The van der Waals surface area contributed by atoms with Crippen molar-refractivity contribution in [2.45, 2.75) is 18.6 Å². The van der Waals surface area contributed by atoms with Crippen molar-refractivity contribution >= 4 is 29.1 Å². The summed E-state index contributed by atoms with van der Waals surface area (Å²) >= 11 is 6.16. The van der Waals surface area contributed by atoms with Crippen LogP contribution in [0.4, 0.5) is 17.5 Å². The topological polar surface area (TPSA) is 72.4 Å². The van der Waals surface area contributed by atoms with Crippen LogP contribution in [0.15, 0.2) is 30.5 Å². The van der Waals surface area contributed by atoms with Crippen molar-refractivity contribution in [1.82, 2.24) is 15.2 Å². The van der Waals surface area contributed by atoms with Gasteiger partial charge in [0.1, 0.15) is 0 Å². The van der Waals surface area contributed by atoms with Gasteiger partial charge in [-0.25, -0.2) is 0 Å². The molecule has 1 N–H and O–H groups in total. The third kappa shape index (κ3) is 3.15. The summed E-state index contributed by atoms with van der Waals surface area (Å²) in [5.41, 5.74) is 0.753. The lowest BCUT2D eigenvalue weighted by Gasteiger charge is -2.37. The molecule has 24 heavy (non-hydrogen) atoms. The number of nitrogens with zero attached hydrogens (tertiary/aromatic N) is 4. The lowest BCUT2D eigenvalue weighted by Crippen LogP contribution is -2.45. The zero-order chi connectivity index (χ0) is 16.4. The van der Waals surface area contributed by atoms with Gasteiger partial charge < -0.3 is 19.7 Å². The van der Waals surface area contributed by atoms with E-state index in [0.29, 0.717) is 24.2 Å². The molecule has 2 fully saturated rings. The number of aromatic nitrogens is 3. The SMILES string of the molecule is Clc1ccccc1Nc1nncc(N2CCC3(CC2)OCCO3)n1. The van der Waals surface area contributed by atoms with Crippen LogP contribution >= 0.6 is 11.6 Å². The van der Waals surface area contributed by atoms with Gasteiger partial charge in [0.25, 0.3) is 0 Å². The fourth-order valence-corrected chi connectivity index (χ4v) is 3.23. The van der Waals surface area contributed by atoms with Crippen LogP contribution in [-0.4, -0.2) is 47.3 Å². The molecule has 1 spiro atoms. The van der Waals surface area contributed by atoms with Crippen molar-refractivity contribution in [2.75, 3.05) is 36.5 Å². The van der Waals surface area contributed by atoms with Crippen LogP contribution in [0.2, 0.25) is 5.02 Å². The van der Waals surface area contributed by atoms with Crippen LogP contribution in [0, 0.1) is 0 Å². The Balaban J connectivity index is 1.46. The number of rotatable bonds is 3. The summed E-state index contributed by atoms with van der Waals surface area (Å²) in [6.07, 6.45) is 3.32. The smallest absolute Gasteiger partial charge is 0.249 e. The van der Waals surface area contributed by atoms with Gasteiger partial charge in [-0.1, -0.05) is 23.7 Å². The fraction of sp³-hybridized carbons (Fsp3) is 0.438. The van der Waals surface area contributed by atoms with E-state index in [-0.39, 0.29) is 0 Å². The second kappa shape index (κ2) is 6.51. The van der Waals surface area contributed by atoms with Crippen molar-refractivity contribution < 1.29 is 9.47 Å². The maximum atomic E-state index is 6.16. The second-order valence-corrected chi connectivity index (χ2v) is 6.24. The van der Waals surface area contributed by atoms with Gasteiger partial charge in [-0.15, -0.1) is 5.10 Å². The first-order valence-corrected chi connectivity index (χ1v) is 8.36. The average Bonchev–Trinajstić information content (AvgIpc) is 3.06. The minimum Gasteiger partial charge on any atom is -0.355 e. The van der Waals surface area contributed by atoms with Gasteiger partial charge in [-0.3, -0.25) is 0 Å². The maximum absolute atomic E-state index is 6.16. The highest BCUT2D eigenvalue weighted by Gasteiger charge is 2.40. The molecule has 0 saturated carbocycles. The number of hydrogen-bond donors (Lipinski definition) is 1. The van der Waals surface area contributed by atoms with Gasteiger partial charge in [0.2, 0.25) is 5.95 Å². The van der Waals surface area contributed by atoms with Gasteiger partial charge in [0, 0.05) is 25.9 Å². The first-order chi connectivity index (χ1) is 11.7. The molecule has 2 aliphatic rings. The molecule has 0 radical (unpaired) electrons. The third-order valence-electron chi connectivity index (χ3n) is 4.33. The standard InChI is InChI=1S/C16H18ClN5O2/c17-12-3-1-2-4-13(12)19-15-20-14(11-18-21-15)22-7-5-16(6-8-22)23-9-10-24-16/h1-4,11H,5-10H2,(H,19,20,21). The van der Waals surface area contributed by atoms with E-state index in [4.69, 9.17) is 21.1 Å². The normalized spacial score (nSPS) is 19.6. The molecule has 0 unspecified atom stereocenters. The summed E-state index contributed by atoms with van der Waals surface area (Å²) in [5.74, 6) is 0.817. The highest BCUT2D eigenvalue weighted by atomic mass is 35.5. The van der Waals surface area contributed by atoms with Gasteiger partial charge in [0.05, 0.1) is 30.1 Å². The van der Waals surface area contributed by atoms with E-state index in [9.17, 15) is 0 Å². The number of nitrogens with one attached hydrogen (secondary N) is 1. The summed E-state index contributed by atoms with van der Waals surface area (Å²) in [7, 11) is 0. The molecular formula is C16H18ClN5O2. The van der Waals surface area contributed by atoms with E-state index < -0.39 is 5.79 Å². The number of benzene rings is 1. The Labute approximate surface area is 144 Å². The Morgan fingerprint density at radius 2 is 1.88 bits per heavy atom. The third-order valence-corrected chi connectivity index (χ3v) is 4.66. The number of ether oxygens (including phenoxy) is 2. The quantitative estimate of drug-likeness (QED) is 0.914. The van der Waals surface area contributed by atoms with Crippen molar-refractivity contribution in [3.8, 4) is 0 Å². The average molecular weight is 348 g/mol. The zero-order valence-corrected chi connectivity index (χ0v) is 13.9. The molecule has 2 aromatic rings. The predicted molar refractivity (Wildman–Crippen MR) is 90.6 cm³/mol. The van der Waals surface area contributed by atoms with Crippen LogP contribution in [0.25, 0.3) is 0 Å². The molecule has 1 aromatic carbocycles. The molecule has 0 bridgehead atoms. The molecule has 0 aliphatic carbocycles. The Bertz CT molecular complexity index is 713. The highest BCUT2D eigenvalue weighted by Crippen LogP contribution is 2.32. The van der Waals surface area contributed by atoms with Crippen molar-refractivity contribution in [2.24, 2.45) is 0 Å². The monoisotopic (exact) mass is 347 g/mol. The molecule has 2 aliphatic heterocycles. The van der Waals surface area contributed by atoms with Crippen LogP contribution < -0.4 is 10.2 Å². The van der Waals surface area contributed by atoms with Gasteiger partial charge in [0.15, 0.2) is 11.6 Å². The molecule has 0 atom stereocenters. The maximum Gasteiger partial charge on any atom is 0.249 e. The molecule has 4 rings (SSSR count). The molecule has 8 heteroatoms. The summed E-state index contributed by atoms with van der Waals surface area (Å²) in [4.78, 5) is 6.72. The van der Waals surface area contributed by atoms with E-state index in [1.807, 2.05) is 24.3 Å². The summed E-state index contributed by atoms with van der Waals surface area (Å²) in [6.45, 7) is 2.98. The second-order valence-electron chi connectivity index (χ2n) is 5.84. The first kappa shape index (κ1) is 15.6. The molecule has 126 valence electrons. The molecule has 7 nitrogen and oxygen atoms in total. The van der Waals surface area contributed by atoms with E-state index in [2.05, 4.69) is 25.4 Å². The molecular weight excluding hydrogens is 330 g/mol. The lowest BCUT2D eigenvalue weighted by atomic mass is 10.0. The number of para-hydroxylation sites is 1. The van der Waals surface area contributed by atoms with E-state index >= 15 is 0 Å². The van der Waals surface area contributed by atoms with E-state index in [0.717, 1.165) is 37.4 Å². The van der Waals surface area contributed by atoms with Crippen LogP contribution in [0.5, 0.6) is 0 Å². The van der Waals surface area contributed by atoms with Crippen molar-refractivity contribution in [1.29, 1.82) is 0 Å². The number of halogens is 1. The minimum atomic E-state index is -0.393. The number of hydrogen-bond acceptors (Lipinski definition) is 7. The van der Waals surface area contributed by atoms with Gasteiger partial charge in [-0.2, -0.15) is 10.1 Å². The van der Waals surface area contributed by atoms with Gasteiger partial charge >= 0.3 is 0 Å².